The van der Waals surface area contributed by atoms with Gasteiger partial charge in [-0.1, -0.05) is 20.8 Å². The van der Waals surface area contributed by atoms with Crippen molar-refractivity contribution in [2.75, 3.05) is 6.61 Å². The number of H-pyrrole nitrogens is 1. The molecule has 1 aromatic heterocycles. The minimum Gasteiger partial charge on any atom is -0.444 e. The number of hydrogen-bond acceptors (Lipinski definition) is 4. The Morgan fingerprint density at radius 3 is 2.41 bits per heavy atom. The lowest BCUT2D eigenvalue weighted by Gasteiger charge is -2.39. The summed E-state index contributed by atoms with van der Waals surface area (Å²) in [7, 11) is -1.93. The van der Waals surface area contributed by atoms with Crippen LogP contribution in [0.2, 0.25) is 18.1 Å². The van der Waals surface area contributed by atoms with Crippen LogP contribution < -0.4 is 0 Å². The van der Waals surface area contributed by atoms with Crippen LogP contribution in [0.5, 0.6) is 0 Å². The van der Waals surface area contributed by atoms with E-state index in [9.17, 15) is 4.79 Å². The molecule has 1 aliphatic heterocycles. The van der Waals surface area contributed by atoms with Crippen LogP contribution in [-0.4, -0.2) is 41.7 Å². The fourth-order valence-electron chi connectivity index (χ4n) is 3.40. The molecular formula is C20H35N3O3Si. The molecule has 1 saturated carbocycles. The van der Waals surface area contributed by atoms with Crippen molar-refractivity contribution in [3.05, 3.63) is 17.5 Å². The molecule has 0 spiro atoms. The molecule has 3 rings (SSSR count). The van der Waals surface area contributed by atoms with E-state index in [1.807, 2.05) is 31.9 Å². The fourth-order valence-corrected chi connectivity index (χ4v) is 4.41. The maximum absolute atomic E-state index is 13.1. The van der Waals surface area contributed by atoms with Gasteiger partial charge in [0.15, 0.2) is 8.32 Å². The minimum atomic E-state index is -1.93. The molecule has 1 aliphatic carbocycles. The monoisotopic (exact) mass is 393 g/mol. The first-order chi connectivity index (χ1) is 12.3. The van der Waals surface area contributed by atoms with E-state index in [-0.39, 0.29) is 23.2 Å². The smallest absolute Gasteiger partial charge is 0.411 e. The zero-order valence-electron chi connectivity index (χ0n) is 18.0. The van der Waals surface area contributed by atoms with Crippen molar-refractivity contribution < 1.29 is 14.0 Å². The molecule has 1 unspecified atom stereocenters. The van der Waals surface area contributed by atoms with Gasteiger partial charge < -0.3 is 9.16 Å². The normalized spacial score (nSPS) is 23.5. The maximum Gasteiger partial charge on any atom is 0.411 e. The number of aromatic amines is 1. The van der Waals surface area contributed by atoms with Crippen molar-refractivity contribution in [1.29, 1.82) is 0 Å². The molecule has 27 heavy (non-hydrogen) atoms. The highest BCUT2D eigenvalue weighted by Gasteiger charge is 2.51. The van der Waals surface area contributed by atoms with Gasteiger partial charge in [0.2, 0.25) is 0 Å². The van der Waals surface area contributed by atoms with Crippen molar-refractivity contribution in [2.24, 2.45) is 5.92 Å². The van der Waals surface area contributed by atoms with Crippen LogP contribution in [0.25, 0.3) is 0 Å². The van der Waals surface area contributed by atoms with Crippen molar-refractivity contribution in [1.82, 2.24) is 15.1 Å². The highest BCUT2D eigenvalue weighted by Crippen LogP contribution is 2.53. The number of fused-ring (bicyclic) bond motifs is 1. The lowest BCUT2D eigenvalue weighted by atomic mass is 10.1. The number of nitrogens with zero attached hydrogens (tertiary/aromatic N) is 2. The molecule has 0 bridgehead atoms. The van der Waals surface area contributed by atoms with Crippen LogP contribution in [0.1, 0.15) is 77.7 Å². The molecule has 1 aromatic rings. The molecule has 2 atom stereocenters. The summed E-state index contributed by atoms with van der Waals surface area (Å²) in [4.78, 5) is 15.0. The van der Waals surface area contributed by atoms with Crippen LogP contribution in [0.3, 0.4) is 0 Å². The summed E-state index contributed by atoms with van der Waals surface area (Å²) in [6.45, 7) is 17.4. The number of nitrogens with one attached hydrogen (secondary N) is 1. The number of carbonyl (C=O) groups is 1. The van der Waals surface area contributed by atoms with Crippen LogP contribution >= 0.6 is 0 Å². The van der Waals surface area contributed by atoms with E-state index in [0.29, 0.717) is 12.5 Å². The number of carbonyl (C=O) groups excluding carboxylic acids is 1. The third-order valence-electron chi connectivity index (χ3n) is 6.05. The lowest BCUT2D eigenvalue weighted by Crippen LogP contribution is -2.45. The largest absolute Gasteiger partial charge is 0.444 e. The van der Waals surface area contributed by atoms with Gasteiger partial charge in [-0.15, -0.1) is 0 Å². The Bertz CT molecular complexity index is 698. The summed E-state index contributed by atoms with van der Waals surface area (Å²) < 4.78 is 12.3. The second-order valence-corrected chi connectivity index (χ2v) is 15.3. The Balaban J connectivity index is 1.88. The third kappa shape index (κ3) is 4.09. The van der Waals surface area contributed by atoms with Crippen LogP contribution in [0, 0.1) is 5.92 Å². The summed E-state index contributed by atoms with van der Waals surface area (Å²) in [6, 6.07) is -0.151. The van der Waals surface area contributed by atoms with E-state index >= 15 is 0 Å². The third-order valence-corrected chi connectivity index (χ3v) is 10.6. The first-order valence-electron chi connectivity index (χ1n) is 10.0. The summed E-state index contributed by atoms with van der Waals surface area (Å²) in [5.74, 6) is 0.492. The second kappa shape index (κ2) is 6.62. The summed E-state index contributed by atoms with van der Waals surface area (Å²) in [6.07, 6.45) is 3.97. The van der Waals surface area contributed by atoms with Crippen LogP contribution in [0.4, 0.5) is 4.79 Å². The highest BCUT2D eigenvalue weighted by molar-refractivity contribution is 6.74. The van der Waals surface area contributed by atoms with Crippen molar-refractivity contribution >= 4 is 14.4 Å². The van der Waals surface area contributed by atoms with Gasteiger partial charge in [0.05, 0.1) is 18.3 Å². The standard InChI is InChI=1S/C20H35N3O3Si/c1-19(2,3)26-18(24)23-15(12-25-27(7,8)20(4,5)6)16-14(11-21-22-16)17(23)13-9-10-13/h11,13,15,17H,9-10,12H2,1-8H3,(H,21,22)/t15?,17-/m1/s1. The molecule has 2 aliphatic rings. The van der Waals surface area contributed by atoms with Crippen LogP contribution in [-0.2, 0) is 9.16 Å². The van der Waals surface area contributed by atoms with E-state index in [2.05, 4.69) is 44.1 Å². The van der Waals surface area contributed by atoms with E-state index < -0.39 is 13.9 Å². The Hall–Kier alpha value is -1.34. The number of aromatic nitrogens is 2. The molecule has 1 amide bonds. The summed E-state index contributed by atoms with van der Waals surface area (Å²) >= 11 is 0. The average Bonchev–Trinajstić information content (AvgIpc) is 3.11. The zero-order valence-corrected chi connectivity index (χ0v) is 19.0. The topological polar surface area (TPSA) is 67.4 Å². The molecule has 0 saturated heterocycles. The molecule has 1 fully saturated rings. The van der Waals surface area contributed by atoms with Gasteiger partial charge in [-0.25, -0.2) is 4.79 Å². The predicted molar refractivity (Wildman–Crippen MR) is 108 cm³/mol. The Labute approximate surface area is 164 Å². The average molecular weight is 394 g/mol. The lowest BCUT2D eigenvalue weighted by molar-refractivity contribution is -0.000323. The SMILES string of the molecule is CC(C)(C)OC(=O)N1C(CO[Si](C)(C)C(C)(C)C)c2n[nH]cc2[C@H]1C1CC1. The first kappa shape index (κ1) is 20.4. The van der Waals surface area contributed by atoms with Crippen molar-refractivity contribution in [2.45, 2.75) is 90.2 Å². The van der Waals surface area contributed by atoms with E-state index in [1.54, 1.807) is 0 Å². The molecule has 0 aromatic carbocycles. The van der Waals surface area contributed by atoms with E-state index in [1.165, 1.54) is 0 Å². The van der Waals surface area contributed by atoms with Crippen LogP contribution in [0.15, 0.2) is 6.20 Å². The van der Waals surface area contributed by atoms with Crippen molar-refractivity contribution in [3.8, 4) is 0 Å². The molecule has 152 valence electrons. The molecule has 0 radical (unpaired) electrons. The summed E-state index contributed by atoms with van der Waals surface area (Å²) in [5.41, 5.74) is 1.55. The number of rotatable bonds is 4. The second-order valence-electron chi connectivity index (χ2n) is 10.5. The predicted octanol–water partition coefficient (Wildman–Crippen LogP) is 5.17. The first-order valence-corrected chi connectivity index (χ1v) is 12.9. The van der Waals surface area contributed by atoms with Gasteiger partial charge in [-0.2, -0.15) is 5.10 Å². The molecular weight excluding hydrogens is 358 g/mol. The Morgan fingerprint density at radius 2 is 1.89 bits per heavy atom. The van der Waals surface area contributed by atoms with Gasteiger partial charge in [-0.05, 0) is 57.7 Å². The molecule has 2 heterocycles. The number of ether oxygens (including phenoxy) is 1. The van der Waals surface area contributed by atoms with E-state index in [0.717, 1.165) is 24.1 Å². The molecule has 1 N–H and O–H groups in total. The maximum atomic E-state index is 13.1. The van der Waals surface area contributed by atoms with Gasteiger partial charge in [0.25, 0.3) is 0 Å². The minimum absolute atomic E-state index is 0.0432. The number of amides is 1. The van der Waals surface area contributed by atoms with E-state index in [4.69, 9.17) is 9.16 Å². The van der Waals surface area contributed by atoms with Crippen molar-refractivity contribution in [3.63, 3.8) is 0 Å². The molecule has 7 heteroatoms. The van der Waals surface area contributed by atoms with Gasteiger partial charge in [-0.3, -0.25) is 10.00 Å². The zero-order chi connectivity index (χ0) is 20.2. The van der Waals surface area contributed by atoms with Gasteiger partial charge in [0, 0.05) is 11.8 Å². The number of hydrogen-bond donors (Lipinski definition) is 1. The fraction of sp³-hybridized carbons (Fsp3) is 0.800. The Morgan fingerprint density at radius 1 is 1.26 bits per heavy atom. The molecule has 6 nitrogen and oxygen atoms in total. The van der Waals surface area contributed by atoms with Gasteiger partial charge >= 0.3 is 6.09 Å². The summed E-state index contributed by atoms with van der Waals surface area (Å²) in [5, 5.41) is 7.61. The quantitative estimate of drug-likeness (QED) is 0.716. The Kier molecular flexibility index (Phi) is 5.00. The highest BCUT2D eigenvalue weighted by atomic mass is 28.4. The van der Waals surface area contributed by atoms with Gasteiger partial charge in [0.1, 0.15) is 11.6 Å².